The van der Waals surface area contributed by atoms with Crippen molar-refractivity contribution in [3.05, 3.63) is 39.9 Å². The molecule has 1 aromatic rings. The minimum absolute atomic E-state index is 0.0473. The first-order valence-corrected chi connectivity index (χ1v) is 4.11. The molecule has 0 aliphatic carbocycles. The first-order valence-electron chi connectivity index (χ1n) is 4.11. The smallest absolute Gasteiger partial charge is 0.220 e. The summed E-state index contributed by atoms with van der Waals surface area (Å²) in [6.45, 7) is 2.29. The van der Waals surface area contributed by atoms with Crippen LogP contribution in [0.4, 0.5) is 5.69 Å². The third kappa shape index (κ3) is 3.11. The van der Waals surface area contributed by atoms with E-state index in [1.807, 2.05) is 31.2 Å². The van der Waals surface area contributed by atoms with E-state index >= 15 is 0 Å². The monoisotopic (exact) mass is 180 g/mol. The number of anilines is 1. The maximum Gasteiger partial charge on any atom is 0.220 e. The number of aryl methyl sites for hydroxylation is 1. The number of hydrogen-bond acceptors (Lipinski definition) is 3. The molecule has 0 unspecified atom stereocenters. The van der Waals surface area contributed by atoms with Crippen molar-refractivity contribution in [2.45, 2.75) is 6.92 Å². The quantitative estimate of drug-likeness (QED) is 0.566. The van der Waals surface area contributed by atoms with Gasteiger partial charge < -0.3 is 5.32 Å². The van der Waals surface area contributed by atoms with E-state index in [9.17, 15) is 10.1 Å². The fourth-order valence-electron chi connectivity index (χ4n) is 1.05. The first kappa shape index (κ1) is 9.51. The van der Waals surface area contributed by atoms with Crippen LogP contribution in [0.5, 0.6) is 0 Å². The molecule has 13 heavy (non-hydrogen) atoms. The van der Waals surface area contributed by atoms with Crippen LogP contribution in [0, 0.1) is 17.0 Å². The van der Waals surface area contributed by atoms with E-state index in [1.54, 1.807) is 0 Å². The summed E-state index contributed by atoms with van der Waals surface area (Å²) in [5.74, 6) is 0. The summed E-state index contributed by atoms with van der Waals surface area (Å²) < 4.78 is 0. The Balaban J connectivity index is 2.45. The zero-order valence-electron chi connectivity index (χ0n) is 7.49. The highest BCUT2D eigenvalue weighted by atomic mass is 16.6. The van der Waals surface area contributed by atoms with Crippen molar-refractivity contribution >= 4 is 5.69 Å². The Hall–Kier alpha value is -1.58. The zero-order valence-corrected chi connectivity index (χ0v) is 7.49. The van der Waals surface area contributed by atoms with Crippen LogP contribution in [0.25, 0.3) is 0 Å². The van der Waals surface area contributed by atoms with Gasteiger partial charge in [0.15, 0.2) is 0 Å². The van der Waals surface area contributed by atoms with E-state index in [0.717, 1.165) is 11.3 Å². The van der Waals surface area contributed by atoms with Crippen LogP contribution in [-0.2, 0) is 0 Å². The molecule has 0 aliphatic rings. The molecule has 0 amide bonds. The number of para-hydroxylation sites is 1. The molecule has 0 aromatic heterocycles. The third-order valence-corrected chi connectivity index (χ3v) is 1.75. The highest BCUT2D eigenvalue weighted by Gasteiger charge is 1.98. The molecule has 0 bridgehead atoms. The summed E-state index contributed by atoms with van der Waals surface area (Å²) in [7, 11) is 0. The highest BCUT2D eigenvalue weighted by Crippen LogP contribution is 2.11. The SMILES string of the molecule is Cc1ccccc1NCC[N+](=O)[O-]. The molecule has 0 radical (unpaired) electrons. The number of benzene rings is 1. The normalized spacial score (nSPS) is 9.62. The van der Waals surface area contributed by atoms with Crippen molar-refractivity contribution in [3.8, 4) is 0 Å². The van der Waals surface area contributed by atoms with Gasteiger partial charge in [-0.2, -0.15) is 0 Å². The van der Waals surface area contributed by atoms with Gasteiger partial charge in [0.1, 0.15) is 0 Å². The lowest BCUT2D eigenvalue weighted by Crippen LogP contribution is -2.13. The van der Waals surface area contributed by atoms with E-state index < -0.39 is 0 Å². The highest BCUT2D eigenvalue weighted by molar-refractivity contribution is 5.50. The molecule has 4 nitrogen and oxygen atoms in total. The predicted molar refractivity (Wildman–Crippen MR) is 51.5 cm³/mol. The summed E-state index contributed by atoms with van der Waals surface area (Å²) in [5, 5.41) is 13.0. The molecule has 1 aromatic carbocycles. The minimum atomic E-state index is -0.328. The van der Waals surface area contributed by atoms with Gasteiger partial charge in [0.25, 0.3) is 0 Å². The maximum absolute atomic E-state index is 10.0. The summed E-state index contributed by atoms with van der Waals surface area (Å²) in [4.78, 5) is 9.71. The molecular formula is C9H12N2O2. The van der Waals surface area contributed by atoms with Crippen LogP contribution < -0.4 is 5.32 Å². The Labute approximate surface area is 76.7 Å². The molecule has 0 fully saturated rings. The van der Waals surface area contributed by atoms with E-state index in [0.29, 0.717) is 6.54 Å². The molecule has 0 atom stereocenters. The van der Waals surface area contributed by atoms with Gasteiger partial charge in [-0.1, -0.05) is 18.2 Å². The van der Waals surface area contributed by atoms with Gasteiger partial charge in [-0.05, 0) is 18.6 Å². The Bertz CT molecular complexity index is 299. The molecule has 1 N–H and O–H groups in total. The standard InChI is InChI=1S/C9H12N2O2/c1-8-4-2-3-5-9(8)10-6-7-11(12)13/h2-5,10H,6-7H2,1H3. The molecule has 0 heterocycles. The summed E-state index contributed by atoms with van der Waals surface area (Å²) in [5.41, 5.74) is 2.06. The average molecular weight is 180 g/mol. The Morgan fingerprint density at radius 2 is 2.15 bits per heavy atom. The fraction of sp³-hybridized carbons (Fsp3) is 0.333. The molecule has 1 rings (SSSR count). The van der Waals surface area contributed by atoms with Crippen LogP contribution in [0.2, 0.25) is 0 Å². The van der Waals surface area contributed by atoms with E-state index in [2.05, 4.69) is 5.32 Å². The van der Waals surface area contributed by atoms with Crippen molar-refractivity contribution in [1.82, 2.24) is 0 Å². The lowest BCUT2D eigenvalue weighted by molar-refractivity contribution is -0.476. The number of nitro groups is 1. The summed E-state index contributed by atoms with van der Waals surface area (Å²) in [6, 6.07) is 7.72. The number of nitrogens with one attached hydrogen (secondary N) is 1. The van der Waals surface area contributed by atoms with Crippen molar-refractivity contribution in [2.75, 3.05) is 18.4 Å². The Morgan fingerprint density at radius 3 is 2.77 bits per heavy atom. The second-order valence-electron chi connectivity index (χ2n) is 2.80. The fourth-order valence-corrected chi connectivity index (χ4v) is 1.05. The molecule has 4 heteroatoms. The Kier molecular flexibility index (Phi) is 3.25. The van der Waals surface area contributed by atoms with Gasteiger partial charge in [-0.15, -0.1) is 0 Å². The van der Waals surface area contributed by atoms with Crippen LogP contribution in [0.1, 0.15) is 5.56 Å². The van der Waals surface area contributed by atoms with Gasteiger partial charge in [0, 0.05) is 10.6 Å². The topological polar surface area (TPSA) is 55.2 Å². The van der Waals surface area contributed by atoms with Gasteiger partial charge in [0.05, 0.1) is 6.54 Å². The number of nitrogens with zero attached hydrogens (tertiary/aromatic N) is 1. The molecule has 0 saturated heterocycles. The van der Waals surface area contributed by atoms with E-state index in [1.165, 1.54) is 0 Å². The van der Waals surface area contributed by atoms with Crippen molar-refractivity contribution in [2.24, 2.45) is 0 Å². The van der Waals surface area contributed by atoms with Gasteiger partial charge >= 0.3 is 0 Å². The molecule has 70 valence electrons. The van der Waals surface area contributed by atoms with Crippen LogP contribution >= 0.6 is 0 Å². The summed E-state index contributed by atoms with van der Waals surface area (Å²) in [6.07, 6.45) is 0. The lowest BCUT2D eigenvalue weighted by atomic mass is 10.2. The zero-order chi connectivity index (χ0) is 9.68. The maximum atomic E-state index is 10.0. The molecule has 0 spiro atoms. The minimum Gasteiger partial charge on any atom is -0.378 e. The van der Waals surface area contributed by atoms with Crippen LogP contribution in [-0.4, -0.2) is 18.0 Å². The second kappa shape index (κ2) is 4.45. The number of hydrogen-bond donors (Lipinski definition) is 1. The molecule has 0 saturated carbocycles. The first-order chi connectivity index (χ1) is 6.20. The van der Waals surface area contributed by atoms with Gasteiger partial charge in [0.2, 0.25) is 6.54 Å². The van der Waals surface area contributed by atoms with Crippen molar-refractivity contribution in [3.63, 3.8) is 0 Å². The second-order valence-corrected chi connectivity index (χ2v) is 2.80. The van der Waals surface area contributed by atoms with Crippen LogP contribution in [0.15, 0.2) is 24.3 Å². The largest absolute Gasteiger partial charge is 0.378 e. The average Bonchev–Trinajstić information content (AvgIpc) is 2.08. The van der Waals surface area contributed by atoms with Gasteiger partial charge in [-0.25, -0.2) is 0 Å². The van der Waals surface area contributed by atoms with Crippen molar-refractivity contribution in [1.29, 1.82) is 0 Å². The molecule has 0 aliphatic heterocycles. The third-order valence-electron chi connectivity index (χ3n) is 1.75. The predicted octanol–water partition coefficient (Wildman–Crippen LogP) is 1.68. The van der Waals surface area contributed by atoms with Crippen LogP contribution in [0.3, 0.4) is 0 Å². The van der Waals surface area contributed by atoms with Crippen molar-refractivity contribution < 1.29 is 4.92 Å². The lowest BCUT2D eigenvalue weighted by Gasteiger charge is -2.05. The van der Waals surface area contributed by atoms with Gasteiger partial charge in [-0.3, -0.25) is 10.1 Å². The number of rotatable bonds is 4. The van der Waals surface area contributed by atoms with E-state index in [4.69, 9.17) is 0 Å². The molecular weight excluding hydrogens is 168 g/mol. The van der Waals surface area contributed by atoms with E-state index in [-0.39, 0.29) is 11.5 Å². The Morgan fingerprint density at radius 1 is 1.46 bits per heavy atom. The summed E-state index contributed by atoms with van der Waals surface area (Å²) >= 11 is 0.